The molecule has 2 rings (SSSR count). The van der Waals surface area contributed by atoms with Crippen molar-refractivity contribution in [1.82, 2.24) is 16.2 Å². The molecule has 1 amide bonds. The average Bonchev–Trinajstić information content (AvgIpc) is 2.60. The molecule has 0 atom stereocenters. The standard InChI is InChI=1S/C18H20FN3OS2/c1-12-3-4-13(2)16(9-12)25-11-17(23)21-22-18(24)20-10-14-5-7-15(19)8-6-14/h3-9H,10-11H2,1-2H3,(H,21,23)(H2,20,22,24). The number of carbonyl (C=O) groups excluding carboxylic acids is 1. The Hall–Kier alpha value is -2.12. The van der Waals surface area contributed by atoms with Crippen molar-refractivity contribution in [2.75, 3.05) is 5.75 Å². The number of amides is 1. The van der Waals surface area contributed by atoms with Gasteiger partial charge in [-0.3, -0.25) is 15.6 Å². The molecule has 0 aliphatic carbocycles. The normalized spacial score (nSPS) is 10.2. The van der Waals surface area contributed by atoms with E-state index in [1.54, 1.807) is 12.1 Å². The van der Waals surface area contributed by atoms with Crippen LogP contribution in [0.25, 0.3) is 0 Å². The van der Waals surface area contributed by atoms with Crippen LogP contribution in [0.1, 0.15) is 16.7 Å². The van der Waals surface area contributed by atoms with Crippen molar-refractivity contribution in [2.45, 2.75) is 25.3 Å². The first-order chi connectivity index (χ1) is 11.9. The van der Waals surface area contributed by atoms with Gasteiger partial charge in [-0.15, -0.1) is 11.8 Å². The lowest BCUT2D eigenvalue weighted by molar-refractivity contribution is -0.119. The van der Waals surface area contributed by atoms with Crippen LogP contribution >= 0.6 is 24.0 Å². The molecule has 0 aliphatic heterocycles. The highest BCUT2D eigenvalue weighted by molar-refractivity contribution is 8.00. The van der Waals surface area contributed by atoms with Crippen molar-refractivity contribution in [3.05, 3.63) is 65.0 Å². The van der Waals surface area contributed by atoms with Gasteiger partial charge in [-0.05, 0) is 55.4 Å². The predicted molar refractivity (Wildman–Crippen MR) is 104 cm³/mol. The van der Waals surface area contributed by atoms with E-state index in [9.17, 15) is 9.18 Å². The first kappa shape index (κ1) is 19.2. The van der Waals surface area contributed by atoms with Gasteiger partial charge < -0.3 is 5.32 Å². The Morgan fingerprint density at radius 2 is 1.84 bits per heavy atom. The minimum atomic E-state index is -0.280. The number of thioether (sulfide) groups is 1. The van der Waals surface area contributed by atoms with Crippen molar-refractivity contribution >= 4 is 35.0 Å². The van der Waals surface area contributed by atoms with Crippen molar-refractivity contribution in [1.29, 1.82) is 0 Å². The first-order valence-corrected chi connectivity index (χ1v) is 9.10. The maximum absolute atomic E-state index is 12.8. The van der Waals surface area contributed by atoms with Crippen LogP contribution in [0, 0.1) is 19.7 Å². The van der Waals surface area contributed by atoms with E-state index < -0.39 is 0 Å². The van der Waals surface area contributed by atoms with Crippen LogP contribution in [0.3, 0.4) is 0 Å². The Morgan fingerprint density at radius 3 is 2.56 bits per heavy atom. The van der Waals surface area contributed by atoms with Gasteiger partial charge in [0.2, 0.25) is 5.91 Å². The fourth-order valence-electron chi connectivity index (χ4n) is 2.00. The SMILES string of the molecule is Cc1ccc(C)c(SCC(=O)NNC(=S)NCc2ccc(F)cc2)c1. The van der Waals surface area contributed by atoms with Crippen LogP contribution in [0.15, 0.2) is 47.4 Å². The summed E-state index contributed by atoms with van der Waals surface area (Å²) in [6.45, 7) is 4.49. The molecule has 0 saturated heterocycles. The summed E-state index contributed by atoms with van der Waals surface area (Å²) >= 11 is 6.58. The van der Waals surface area contributed by atoms with Crippen molar-refractivity contribution in [3.63, 3.8) is 0 Å². The maximum Gasteiger partial charge on any atom is 0.248 e. The van der Waals surface area contributed by atoms with E-state index in [0.29, 0.717) is 11.7 Å². The molecule has 132 valence electrons. The number of aryl methyl sites for hydroxylation is 2. The van der Waals surface area contributed by atoms with Gasteiger partial charge in [0.1, 0.15) is 5.82 Å². The molecular formula is C18H20FN3OS2. The number of hydrogen-bond acceptors (Lipinski definition) is 3. The first-order valence-electron chi connectivity index (χ1n) is 7.71. The summed E-state index contributed by atoms with van der Waals surface area (Å²) in [5.74, 6) is -0.160. The zero-order valence-corrected chi connectivity index (χ0v) is 15.7. The Kier molecular flexibility index (Phi) is 7.21. The van der Waals surface area contributed by atoms with E-state index in [0.717, 1.165) is 21.6 Å². The minimum absolute atomic E-state index is 0.170. The second-order valence-corrected chi connectivity index (χ2v) is 6.97. The third-order valence-corrected chi connectivity index (χ3v) is 4.79. The molecule has 0 heterocycles. The Bertz CT molecular complexity index is 750. The molecule has 2 aromatic carbocycles. The average molecular weight is 378 g/mol. The summed E-state index contributed by atoms with van der Waals surface area (Å²) < 4.78 is 12.8. The number of benzene rings is 2. The minimum Gasteiger partial charge on any atom is -0.357 e. The van der Waals surface area contributed by atoms with E-state index in [1.807, 2.05) is 26.0 Å². The van der Waals surface area contributed by atoms with Gasteiger partial charge in [0.15, 0.2) is 5.11 Å². The molecule has 0 radical (unpaired) electrons. The van der Waals surface area contributed by atoms with E-state index >= 15 is 0 Å². The lowest BCUT2D eigenvalue weighted by atomic mass is 10.2. The smallest absolute Gasteiger partial charge is 0.248 e. The van der Waals surface area contributed by atoms with E-state index in [1.165, 1.54) is 23.9 Å². The second kappa shape index (κ2) is 9.39. The zero-order valence-electron chi connectivity index (χ0n) is 14.1. The number of halogens is 1. The molecule has 4 nitrogen and oxygen atoms in total. The topological polar surface area (TPSA) is 53.2 Å². The molecule has 0 unspecified atom stereocenters. The van der Waals surface area contributed by atoms with Crippen LogP contribution in [-0.4, -0.2) is 16.8 Å². The molecule has 3 N–H and O–H groups in total. The highest BCUT2D eigenvalue weighted by atomic mass is 32.2. The van der Waals surface area contributed by atoms with Crippen molar-refractivity contribution in [3.8, 4) is 0 Å². The van der Waals surface area contributed by atoms with E-state index in [-0.39, 0.29) is 17.5 Å². The van der Waals surface area contributed by atoms with Gasteiger partial charge in [-0.1, -0.05) is 29.8 Å². The van der Waals surface area contributed by atoms with Crippen LogP contribution in [0.2, 0.25) is 0 Å². The summed E-state index contributed by atoms with van der Waals surface area (Å²) in [7, 11) is 0. The van der Waals surface area contributed by atoms with Crippen LogP contribution < -0.4 is 16.2 Å². The lowest BCUT2D eigenvalue weighted by Crippen LogP contribution is -2.47. The number of rotatable bonds is 5. The van der Waals surface area contributed by atoms with Gasteiger partial charge in [0, 0.05) is 11.4 Å². The second-order valence-electron chi connectivity index (χ2n) is 5.54. The third kappa shape index (κ3) is 6.72. The predicted octanol–water partition coefficient (Wildman–Crippen LogP) is 3.23. The molecule has 7 heteroatoms. The van der Waals surface area contributed by atoms with E-state index in [2.05, 4.69) is 22.2 Å². The summed E-state index contributed by atoms with van der Waals surface area (Å²) in [6, 6.07) is 12.3. The molecule has 25 heavy (non-hydrogen) atoms. The van der Waals surface area contributed by atoms with Gasteiger partial charge in [-0.25, -0.2) is 4.39 Å². The van der Waals surface area contributed by atoms with Crippen molar-refractivity contribution in [2.24, 2.45) is 0 Å². The van der Waals surface area contributed by atoms with E-state index in [4.69, 9.17) is 12.2 Å². The number of hydrogen-bond donors (Lipinski definition) is 3. The molecule has 0 spiro atoms. The summed E-state index contributed by atoms with van der Waals surface area (Å²) in [4.78, 5) is 13.0. The largest absolute Gasteiger partial charge is 0.357 e. The summed E-state index contributed by atoms with van der Waals surface area (Å²) in [5, 5.41) is 3.24. The van der Waals surface area contributed by atoms with Gasteiger partial charge in [0.25, 0.3) is 0 Å². The maximum atomic E-state index is 12.8. The molecule has 0 aliphatic rings. The van der Waals surface area contributed by atoms with Gasteiger partial charge in [0.05, 0.1) is 5.75 Å². The summed E-state index contributed by atoms with van der Waals surface area (Å²) in [5.41, 5.74) is 8.42. The third-order valence-electron chi connectivity index (χ3n) is 3.38. The number of nitrogens with one attached hydrogen (secondary N) is 3. The number of thiocarbonyl (C=S) groups is 1. The Labute approximate surface area is 156 Å². The Morgan fingerprint density at radius 1 is 1.12 bits per heavy atom. The molecular weight excluding hydrogens is 357 g/mol. The monoisotopic (exact) mass is 377 g/mol. The van der Waals surface area contributed by atoms with Gasteiger partial charge >= 0.3 is 0 Å². The molecule has 0 bridgehead atoms. The number of carbonyl (C=O) groups is 1. The molecule has 0 fully saturated rings. The van der Waals surface area contributed by atoms with Crippen LogP contribution in [0.4, 0.5) is 4.39 Å². The summed E-state index contributed by atoms with van der Waals surface area (Å²) in [6.07, 6.45) is 0. The molecule has 2 aromatic rings. The molecule has 0 aromatic heterocycles. The van der Waals surface area contributed by atoms with Crippen LogP contribution in [0.5, 0.6) is 0 Å². The fraction of sp³-hybridized carbons (Fsp3) is 0.222. The lowest BCUT2D eigenvalue weighted by Gasteiger charge is -2.12. The highest BCUT2D eigenvalue weighted by Crippen LogP contribution is 2.23. The van der Waals surface area contributed by atoms with Crippen LogP contribution in [-0.2, 0) is 11.3 Å². The van der Waals surface area contributed by atoms with Crippen molar-refractivity contribution < 1.29 is 9.18 Å². The number of hydrazine groups is 1. The Balaban J connectivity index is 1.69. The quantitative estimate of drug-likeness (QED) is 0.424. The molecule has 0 saturated carbocycles. The highest BCUT2D eigenvalue weighted by Gasteiger charge is 2.06. The fourth-order valence-corrected chi connectivity index (χ4v) is 3.04. The van der Waals surface area contributed by atoms with Gasteiger partial charge in [-0.2, -0.15) is 0 Å². The zero-order chi connectivity index (χ0) is 18.2.